The number of amides is 1. The Morgan fingerprint density at radius 2 is 1.57 bits per heavy atom. The first-order chi connectivity index (χ1) is 19.2. The molecule has 1 amide bonds. The second kappa shape index (κ2) is 10.7. The van der Waals surface area contributed by atoms with E-state index < -0.39 is 5.54 Å². The van der Waals surface area contributed by atoms with Crippen LogP contribution in [0, 0.1) is 5.82 Å². The van der Waals surface area contributed by atoms with E-state index in [0.717, 1.165) is 39.0 Å². The highest BCUT2D eigenvalue weighted by molar-refractivity contribution is 6.00. The van der Waals surface area contributed by atoms with Gasteiger partial charge in [-0.2, -0.15) is 0 Å². The Morgan fingerprint density at radius 3 is 2.25 bits per heavy atom. The van der Waals surface area contributed by atoms with Crippen molar-refractivity contribution in [3.8, 4) is 28.2 Å². The Morgan fingerprint density at radius 1 is 0.900 bits per heavy atom. The molecule has 1 aromatic heterocycles. The molecule has 2 N–H and O–H groups in total. The van der Waals surface area contributed by atoms with Crippen molar-refractivity contribution in [2.75, 3.05) is 14.2 Å². The molecule has 0 radical (unpaired) electrons. The molecular weight excluding hydrogens is 503 g/mol. The maximum absolute atomic E-state index is 13.6. The maximum Gasteiger partial charge on any atom is 0.251 e. The molecule has 5 nitrogen and oxygen atoms in total. The van der Waals surface area contributed by atoms with Crippen LogP contribution in [-0.2, 0) is 5.54 Å². The average molecular weight is 535 g/mol. The maximum atomic E-state index is 13.6. The second-order valence-corrected chi connectivity index (χ2v) is 10.1. The monoisotopic (exact) mass is 534 g/mol. The number of ether oxygens (including phenoxy) is 1. The summed E-state index contributed by atoms with van der Waals surface area (Å²) in [6, 6.07) is 27.3. The summed E-state index contributed by atoms with van der Waals surface area (Å²) in [4.78, 5) is 13.3. The van der Waals surface area contributed by atoms with Crippen LogP contribution in [0.25, 0.3) is 39.1 Å². The van der Waals surface area contributed by atoms with Crippen molar-refractivity contribution in [2.45, 2.75) is 19.4 Å². The summed E-state index contributed by atoms with van der Waals surface area (Å²) in [5.74, 6) is 0.891. The molecule has 6 heteroatoms. The standard InChI is InChI=1S/C34H31FN2O3/c1-21(36-4)31-29-20-24(11-18-30(29)40-32(31)22-9-14-27(35)15-10-22)23-7-6-8-25(19-23)33(38)37-34(2,3)26-12-16-28(39-5)17-13-26/h6-20,36H,1H2,2-5H3,(H,37,38). The van der Waals surface area contributed by atoms with Gasteiger partial charge >= 0.3 is 0 Å². The van der Waals surface area contributed by atoms with Crippen LogP contribution in [0.3, 0.4) is 0 Å². The molecule has 1 heterocycles. The quantitative estimate of drug-likeness (QED) is 0.213. The molecule has 0 aliphatic rings. The summed E-state index contributed by atoms with van der Waals surface area (Å²) in [5.41, 5.74) is 5.68. The van der Waals surface area contributed by atoms with Crippen molar-refractivity contribution in [1.29, 1.82) is 0 Å². The van der Waals surface area contributed by atoms with Crippen LogP contribution in [0.4, 0.5) is 4.39 Å². The van der Waals surface area contributed by atoms with E-state index in [9.17, 15) is 9.18 Å². The van der Waals surface area contributed by atoms with Gasteiger partial charge in [0.2, 0.25) is 0 Å². The lowest BCUT2D eigenvalue weighted by molar-refractivity contribution is 0.0912. The SMILES string of the molecule is C=C(NC)c1c(-c2ccc(F)cc2)oc2ccc(-c3cccc(C(=O)NC(C)(C)c4ccc(OC)cc4)c3)cc12. The van der Waals surface area contributed by atoms with E-state index >= 15 is 0 Å². The Bertz CT molecular complexity index is 1700. The third-order valence-electron chi connectivity index (χ3n) is 7.09. The third-order valence-corrected chi connectivity index (χ3v) is 7.09. The number of nitrogens with one attached hydrogen (secondary N) is 2. The zero-order chi connectivity index (χ0) is 28.4. The fraction of sp³-hybridized carbons (Fsp3) is 0.147. The zero-order valence-electron chi connectivity index (χ0n) is 23.0. The molecule has 5 rings (SSSR count). The fourth-order valence-corrected chi connectivity index (χ4v) is 4.78. The van der Waals surface area contributed by atoms with E-state index in [-0.39, 0.29) is 11.7 Å². The van der Waals surface area contributed by atoms with E-state index in [1.165, 1.54) is 12.1 Å². The zero-order valence-corrected chi connectivity index (χ0v) is 23.0. The van der Waals surface area contributed by atoms with Gasteiger partial charge in [-0.15, -0.1) is 0 Å². The Balaban J connectivity index is 1.48. The van der Waals surface area contributed by atoms with Crippen molar-refractivity contribution in [1.82, 2.24) is 10.6 Å². The lowest BCUT2D eigenvalue weighted by Crippen LogP contribution is -2.40. The predicted octanol–water partition coefficient (Wildman–Crippen LogP) is 7.77. The van der Waals surface area contributed by atoms with E-state index in [1.807, 2.05) is 74.5 Å². The lowest BCUT2D eigenvalue weighted by atomic mass is 9.93. The van der Waals surface area contributed by atoms with Gasteiger partial charge in [-0.05, 0) is 91.2 Å². The van der Waals surface area contributed by atoms with Gasteiger partial charge in [0.25, 0.3) is 5.91 Å². The number of benzene rings is 4. The molecule has 0 spiro atoms. The number of carbonyl (C=O) groups excluding carboxylic acids is 1. The van der Waals surface area contributed by atoms with Crippen LogP contribution in [0.1, 0.15) is 35.3 Å². The Hall–Kier alpha value is -4.84. The van der Waals surface area contributed by atoms with Crippen molar-refractivity contribution >= 4 is 22.6 Å². The summed E-state index contributed by atoms with van der Waals surface area (Å²) >= 11 is 0. The van der Waals surface area contributed by atoms with Crippen LogP contribution in [0.2, 0.25) is 0 Å². The van der Waals surface area contributed by atoms with Gasteiger partial charge in [-0.1, -0.05) is 36.9 Å². The molecule has 0 aliphatic carbocycles. The fourth-order valence-electron chi connectivity index (χ4n) is 4.78. The minimum absolute atomic E-state index is 0.171. The lowest BCUT2D eigenvalue weighted by Gasteiger charge is -2.27. The number of rotatable bonds is 8. The third kappa shape index (κ3) is 5.21. The summed E-state index contributed by atoms with van der Waals surface area (Å²) in [5, 5.41) is 7.14. The van der Waals surface area contributed by atoms with Crippen LogP contribution >= 0.6 is 0 Å². The largest absolute Gasteiger partial charge is 0.497 e. The summed E-state index contributed by atoms with van der Waals surface area (Å²) in [7, 11) is 3.43. The molecule has 40 heavy (non-hydrogen) atoms. The number of halogens is 1. The smallest absolute Gasteiger partial charge is 0.251 e. The molecule has 0 saturated heterocycles. The second-order valence-electron chi connectivity index (χ2n) is 10.1. The van der Waals surface area contributed by atoms with Crippen molar-refractivity contribution in [3.63, 3.8) is 0 Å². The number of furan rings is 1. The highest BCUT2D eigenvalue weighted by Crippen LogP contribution is 2.39. The number of carbonyl (C=O) groups is 1. The van der Waals surface area contributed by atoms with Crippen LogP contribution in [-0.4, -0.2) is 20.1 Å². The van der Waals surface area contributed by atoms with Crippen LogP contribution in [0.15, 0.2) is 102 Å². The van der Waals surface area contributed by atoms with E-state index in [0.29, 0.717) is 22.6 Å². The molecular formula is C34H31FN2O3. The molecule has 0 bridgehead atoms. The highest BCUT2D eigenvalue weighted by Gasteiger charge is 2.24. The molecule has 0 atom stereocenters. The van der Waals surface area contributed by atoms with Gasteiger partial charge in [-0.25, -0.2) is 4.39 Å². The summed E-state index contributed by atoms with van der Waals surface area (Å²) in [6.45, 7) is 8.11. The minimum atomic E-state index is -0.589. The summed E-state index contributed by atoms with van der Waals surface area (Å²) < 4.78 is 25.0. The van der Waals surface area contributed by atoms with Gasteiger partial charge in [0, 0.05) is 29.3 Å². The first-order valence-electron chi connectivity index (χ1n) is 13.0. The van der Waals surface area contributed by atoms with Crippen molar-refractivity contribution < 1.29 is 18.3 Å². The molecule has 5 aromatic rings. The first-order valence-corrected chi connectivity index (χ1v) is 13.0. The van der Waals surface area contributed by atoms with Crippen LogP contribution in [0.5, 0.6) is 5.75 Å². The predicted molar refractivity (Wildman–Crippen MR) is 159 cm³/mol. The molecule has 4 aromatic carbocycles. The van der Waals surface area contributed by atoms with Crippen molar-refractivity contribution in [2.24, 2.45) is 0 Å². The summed E-state index contributed by atoms with van der Waals surface area (Å²) in [6.07, 6.45) is 0. The highest BCUT2D eigenvalue weighted by atomic mass is 19.1. The van der Waals surface area contributed by atoms with Gasteiger partial charge < -0.3 is 19.8 Å². The Labute approximate surface area is 233 Å². The van der Waals surface area contributed by atoms with Crippen LogP contribution < -0.4 is 15.4 Å². The molecule has 0 aliphatic heterocycles. The molecule has 202 valence electrons. The topological polar surface area (TPSA) is 63.5 Å². The number of fused-ring (bicyclic) bond motifs is 1. The first kappa shape index (κ1) is 26.8. The van der Waals surface area contributed by atoms with Gasteiger partial charge in [0.1, 0.15) is 22.9 Å². The molecule has 0 unspecified atom stereocenters. The Kier molecular flexibility index (Phi) is 7.18. The normalized spacial score (nSPS) is 11.3. The molecule has 0 saturated carbocycles. The molecule has 0 fully saturated rings. The van der Waals surface area contributed by atoms with Gasteiger partial charge in [-0.3, -0.25) is 4.79 Å². The number of hydrogen-bond acceptors (Lipinski definition) is 4. The average Bonchev–Trinajstić information content (AvgIpc) is 3.36. The van der Waals surface area contributed by atoms with E-state index in [2.05, 4.69) is 17.2 Å². The number of methoxy groups -OCH3 is 1. The minimum Gasteiger partial charge on any atom is -0.497 e. The van der Waals surface area contributed by atoms with Gasteiger partial charge in [0.05, 0.1) is 18.2 Å². The van der Waals surface area contributed by atoms with E-state index in [4.69, 9.17) is 9.15 Å². The van der Waals surface area contributed by atoms with Crippen molar-refractivity contribution in [3.05, 3.63) is 120 Å². The number of hydrogen-bond donors (Lipinski definition) is 2. The van der Waals surface area contributed by atoms with Gasteiger partial charge in [0.15, 0.2) is 0 Å². The van der Waals surface area contributed by atoms with E-state index in [1.54, 1.807) is 32.4 Å².